The topological polar surface area (TPSA) is 59.3 Å². The second-order valence-electron chi connectivity index (χ2n) is 3.94. The van der Waals surface area contributed by atoms with Crippen LogP contribution in [0.15, 0.2) is 12.7 Å². The molecule has 0 aromatic heterocycles. The monoisotopic (exact) mass is 211 g/mol. The highest BCUT2D eigenvalue weighted by Gasteiger charge is 2.20. The minimum absolute atomic E-state index is 0.242. The molecule has 0 atom stereocenters. The van der Waals surface area contributed by atoms with Crippen LogP contribution in [0.3, 0.4) is 0 Å². The third-order valence-electron chi connectivity index (χ3n) is 1.62. The zero-order valence-electron chi connectivity index (χ0n) is 9.28. The van der Waals surface area contributed by atoms with E-state index in [4.69, 9.17) is 14.7 Å². The van der Waals surface area contributed by atoms with E-state index in [1.807, 2.05) is 19.9 Å². The third kappa shape index (κ3) is 7.71. The smallest absolute Gasteiger partial charge is 0.330 e. The van der Waals surface area contributed by atoms with Gasteiger partial charge in [0.2, 0.25) is 0 Å². The van der Waals surface area contributed by atoms with Crippen LogP contribution in [0.5, 0.6) is 0 Å². The number of carbonyl (C=O) groups excluding carboxylic acids is 1. The second-order valence-corrected chi connectivity index (χ2v) is 3.94. The number of ether oxygens (including phenoxy) is 2. The fourth-order valence-electron chi connectivity index (χ4n) is 0.833. The number of carbonyl (C=O) groups is 1. The van der Waals surface area contributed by atoms with Crippen molar-refractivity contribution in [3.8, 4) is 6.07 Å². The van der Waals surface area contributed by atoms with E-state index in [1.54, 1.807) is 0 Å². The number of rotatable bonds is 7. The standard InChI is InChI=1S/C11H17NO3/c1-4-10(13)15-9-11(2,3)8-14-7-5-6-12/h4H,1,5,7-9H2,2-3H3. The molecule has 0 bridgehead atoms. The lowest BCUT2D eigenvalue weighted by atomic mass is 9.96. The molecule has 0 saturated carbocycles. The van der Waals surface area contributed by atoms with Crippen molar-refractivity contribution in [2.75, 3.05) is 19.8 Å². The zero-order chi connectivity index (χ0) is 11.7. The summed E-state index contributed by atoms with van der Waals surface area (Å²) < 4.78 is 10.2. The summed E-state index contributed by atoms with van der Waals surface area (Å²) in [6.07, 6.45) is 1.51. The minimum atomic E-state index is -0.430. The van der Waals surface area contributed by atoms with Crippen molar-refractivity contribution in [3.05, 3.63) is 12.7 Å². The Morgan fingerprint density at radius 2 is 2.20 bits per heavy atom. The molecule has 0 amide bonds. The minimum Gasteiger partial charge on any atom is -0.462 e. The summed E-state index contributed by atoms with van der Waals surface area (Å²) in [6, 6.07) is 1.99. The van der Waals surface area contributed by atoms with Gasteiger partial charge >= 0.3 is 5.97 Å². The SMILES string of the molecule is C=CC(=O)OCC(C)(C)COCCC#N. The van der Waals surface area contributed by atoms with Crippen LogP contribution in [0.4, 0.5) is 0 Å². The Kier molecular flexibility index (Phi) is 6.39. The molecular weight excluding hydrogens is 194 g/mol. The van der Waals surface area contributed by atoms with Gasteiger partial charge < -0.3 is 9.47 Å². The highest BCUT2D eigenvalue weighted by atomic mass is 16.5. The average molecular weight is 211 g/mol. The van der Waals surface area contributed by atoms with E-state index in [1.165, 1.54) is 0 Å². The van der Waals surface area contributed by atoms with Gasteiger partial charge in [-0.2, -0.15) is 5.26 Å². The van der Waals surface area contributed by atoms with Gasteiger partial charge in [0.25, 0.3) is 0 Å². The molecule has 0 unspecified atom stereocenters. The van der Waals surface area contributed by atoms with Crippen LogP contribution >= 0.6 is 0 Å². The number of nitriles is 1. The molecule has 0 spiro atoms. The van der Waals surface area contributed by atoms with E-state index in [-0.39, 0.29) is 12.0 Å². The molecule has 0 radical (unpaired) electrons. The normalized spacial score (nSPS) is 10.5. The molecule has 84 valence electrons. The van der Waals surface area contributed by atoms with E-state index in [9.17, 15) is 4.79 Å². The lowest BCUT2D eigenvalue weighted by Gasteiger charge is -2.23. The maximum atomic E-state index is 10.8. The number of nitrogens with zero attached hydrogens (tertiary/aromatic N) is 1. The molecule has 0 heterocycles. The van der Waals surface area contributed by atoms with Crippen molar-refractivity contribution < 1.29 is 14.3 Å². The zero-order valence-corrected chi connectivity index (χ0v) is 9.28. The quantitative estimate of drug-likeness (QED) is 0.365. The Labute approximate surface area is 90.5 Å². The summed E-state index contributed by atoms with van der Waals surface area (Å²) in [7, 11) is 0. The van der Waals surface area contributed by atoms with Crippen molar-refractivity contribution in [3.63, 3.8) is 0 Å². The molecular formula is C11H17NO3. The van der Waals surface area contributed by atoms with Gasteiger partial charge in [0.15, 0.2) is 0 Å². The molecule has 0 saturated heterocycles. The maximum Gasteiger partial charge on any atom is 0.330 e. The van der Waals surface area contributed by atoms with Gasteiger partial charge in [0.05, 0.1) is 32.3 Å². The summed E-state index contributed by atoms with van der Waals surface area (Å²) in [5.74, 6) is -0.430. The summed E-state index contributed by atoms with van der Waals surface area (Å²) in [4.78, 5) is 10.8. The highest BCUT2D eigenvalue weighted by Crippen LogP contribution is 2.16. The molecule has 0 aromatic carbocycles. The van der Waals surface area contributed by atoms with Crippen LogP contribution in [0.2, 0.25) is 0 Å². The Bertz CT molecular complexity index is 253. The Morgan fingerprint density at radius 1 is 1.53 bits per heavy atom. The van der Waals surface area contributed by atoms with Crippen LogP contribution in [0.1, 0.15) is 20.3 Å². The predicted molar refractivity (Wildman–Crippen MR) is 56.0 cm³/mol. The molecule has 4 nitrogen and oxygen atoms in total. The van der Waals surface area contributed by atoms with Gasteiger partial charge in [-0.1, -0.05) is 20.4 Å². The molecule has 0 aliphatic carbocycles. The molecule has 15 heavy (non-hydrogen) atoms. The fraction of sp³-hybridized carbons (Fsp3) is 0.636. The van der Waals surface area contributed by atoms with Crippen molar-refractivity contribution >= 4 is 5.97 Å². The first-order chi connectivity index (χ1) is 7.02. The first kappa shape index (κ1) is 13.7. The van der Waals surface area contributed by atoms with Crippen LogP contribution in [0.25, 0.3) is 0 Å². The van der Waals surface area contributed by atoms with Gasteiger partial charge in [-0.25, -0.2) is 4.79 Å². The van der Waals surface area contributed by atoms with Crippen LogP contribution in [0, 0.1) is 16.7 Å². The van der Waals surface area contributed by atoms with E-state index in [0.717, 1.165) is 6.08 Å². The van der Waals surface area contributed by atoms with Gasteiger partial charge in [0, 0.05) is 11.5 Å². The molecule has 0 aromatic rings. The molecule has 0 fully saturated rings. The fourth-order valence-corrected chi connectivity index (χ4v) is 0.833. The van der Waals surface area contributed by atoms with Gasteiger partial charge in [0.1, 0.15) is 0 Å². The second kappa shape index (κ2) is 7.02. The number of hydrogen-bond donors (Lipinski definition) is 0. The first-order valence-corrected chi connectivity index (χ1v) is 4.76. The molecule has 0 aliphatic rings. The van der Waals surface area contributed by atoms with Crippen molar-refractivity contribution in [1.29, 1.82) is 5.26 Å². The van der Waals surface area contributed by atoms with Gasteiger partial charge in [-0.15, -0.1) is 0 Å². The van der Waals surface area contributed by atoms with Crippen molar-refractivity contribution in [2.24, 2.45) is 5.41 Å². The van der Waals surface area contributed by atoms with Crippen molar-refractivity contribution in [1.82, 2.24) is 0 Å². The first-order valence-electron chi connectivity index (χ1n) is 4.76. The summed E-state index contributed by atoms with van der Waals surface area (Å²) in [6.45, 7) is 8.31. The average Bonchev–Trinajstić information content (AvgIpc) is 2.21. The van der Waals surface area contributed by atoms with Crippen LogP contribution in [-0.4, -0.2) is 25.8 Å². The summed E-state index contributed by atoms with van der Waals surface area (Å²) in [5, 5.41) is 8.29. The van der Waals surface area contributed by atoms with Crippen molar-refractivity contribution in [2.45, 2.75) is 20.3 Å². The van der Waals surface area contributed by atoms with Gasteiger partial charge in [-0.05, 0) is 0 Å². The Balaban J connectivity index is 3.72. The van der Waals surface area contributed by atoms with Gasteiger partial charge in [-0.3, -0.25) is 0 Å². The molecule has 4 heteroatoms. The Morgan fingerprint density at radius 3 is 2.73 bits per heavy atom. The molecule has 0 N–H and O–H groups in total. The predicted octanol–water partition coefficient (Wildman–Crippen LogP) is 1.67. The van der Waals surface area contributed by atoms with E-state index in [0.29, 0.717) is 19.6 Å². The summed E-state index contributed by atoms with van der Waals surface area (Å²) in [5.41, 5.74) is -0.242. The highest BCUT2D eigenvalue weighted by molar-refractivity contribution is 5.81. The summed E-state index contributed by atoms with van der Waals surface area (Å²) >= 11 is 0. The Hall–Kier alpha value is -1.34. The van der Waals surface area contributed by atoms with E-state index < -0.39 is 5.97 Å². The number of esters is 1. The van der Waals surface area contributed by atoms with Crippen LogP contribution < -0.4 is 0 Å². The lowest BCUT2D eigenvalue weighted by Crippen LogP contribution is -2.27. The van der Waals surface area contributed by atoms with E-state index >= 15 is 0 Å². The van der Waals surface area contributed by atoms with E-state index in [2.05, 4.69) is 6.58 Å². The molecule has 0 aliphatic heterocycles. The maximum absolute atomic E-state index is 10.8. The lowest BCUT2D eigenvalue weighted by molar-refractivity contribution is -0.141. The van der Waals surface area contributed by atoms with Crippen LogP contribution in [-0.2, 0) is 14.3 Å². The largest absolute Gasteiger partial charge is 0.462 e. The third-order valence-corrected chi connectivity index (χ3v) is 1.62. The number of hydrogen-bond acceptors (Lipinski definition) is 4. The molecule has 0 rings (SSSR count).